The molecule has 0 unspecified atom stereocenters. The Balaban J connectivity index is 1.90. The van der Waals surface area contributed by atoms with E-state index in [9.17, 15) is 4.39 Å². The van der Waals surface area contributed by atoms with Crippen LogP contribution in [0.15, 0.2) is 42.7 Å². The SMILES string of the molecule is NCCc1ccn(CCc2ccc(F)cc2)c1. The fourth-order valence-electron chi connectivity index (χ4n) is 1.85. The van der Waals surface area contributed by atoms with Gasteiger partial charge in [0.2, 0.25) is 0 Å². The van der Waals surface area contributed by atoms with E-state index >= 15 is 0 Å². The van der Waals surface area contributed by atoms with Gasteiger partial charge >= 0.3 is 0 Å². The van der Waals surface area contributed by atoms with Gasteiger partial charge in [0.25, 0.3) is 0 Å². The Bertz CT molecular complexity index is 459. The minimum atomic E-state index is -0.181. The molecule has 0 aliphatic carbocycles. The lowest BCUT2D eigenvalue weighted by molar-refractivity contribution is 0.625. The van der Waals surface area contributed by atoms with Crippen LogP contribution in [0.25, 0.3) is 0 Å². The van der Waals surface area contributed by atoms with Crippen LogP contribution < -0.4 is 5.73 Å². The molecule has 0 atom stereocenters. The summed E-state index contributed by atoms with van der Waals surface area (Å²) in [5.41, 5.74) is 7.93. The molecular weight excluding hydrogens is 215 g/mol. The Labute approximate surface area is 101 Å². The third kappa shape index (κ3) is 3.43. The van der Waals surface area contributed by atoms with Gasteiger partial charge in [-0.25, -0.2) is 4.39 Å². The average molecular weight is 232 g/mol. The van der Waals surface area contributed by atoms with Crippen molar-refractivity contribution in [3.05, 3.63) is 59.7 Å². The molecule has 0 saturated heterocycles. The van der Waals surface area contributed by atoms with Crippen molar-refractivity contribution in [1.82, 2.24) is 4.57 Å². The van der Waals surface area contributed by atoms with Crippen molar-refractivity contribution < 1.29 is 4.39 Å². The Morgan fingerprint density at radius 3 is 2.47 bits per heavy atom. The highest BCUT2D eigenvalue weighted by Crippen LogP contribution is 2.07. The van der Waals surface area contributed by atoms with Gasteiger partial charge in [-0.2, -0.15) is 0 Å². The van der Waals surface area contributed by atoms with E-state index in [4.69, 9.17) is 5.73 Å². The van der Waals surface area contributed by atoms with Crippen LogP contribution in [0.5, 0.6) is 0 Å². The molecule has 2 nitrogen and oxygen atoms in total. The molecule has 2 aromatic rings. The highest BCUT2D eigenvalue weighted by atomic mass is 19.1. The molecular formula is C14H17FN2. The molecule has 1 aromatic heterocycles. The quantitative estimate of drug-likeness (QED) is 0.843. The highest BCUT2D eigenvalue weighted by Gasteiger charge is 1.98. The van der Waals surface area contributed by atoms with Gasteiger partial charge in [-0.1, -0.05) is 12.1 Å². The first-order valence-electron chi connectivity index (χ1n) is 5.87. The van der Waals surface area contributed by atoms with Crippen LogP contribution in [0.1, 0.15) is 11.1 Å². The van der Waals surface area contributed by atoms with Crippen molar-refractivity contribution in [2.45, 2.75) is 19.4 Å². The number of rotatable bonds is 5. The first-order chi connectivity index (χ1) is 8.28. The van der Waals surface area contributed by atoms with Gasteiger partial charge in [0.05, 0.1) is 0 Å². The maximum atomic E-state index is 12.7. The molecule has 0 bridgehead atoms. The summed E-state index contributed by atoms with van der Waals surface area (Å²) in [5.74, 6) is -0.181. The summed E-state index contributed by atoms with van der Waals surface area (Å²) in [4.78, 5) is 0. The van der Waals surface area contributed by atoms with E-state index < -0.39 is 0 Å². The van der Waals surface area contributed by atoms with Gasteiger partial charge in [0, 0.05) is 18.9 Å². The first-order valence-corrected chi connectivity index (χ1v) is 5.87. The summed E-state index contributed by atoms with van der Waals surface area (Å²) < 4.78 is 14.9. The van der Waals surface area contributed by atoms with Crippen molar-refractivity contribution in [3.8, 4) is 0 Å². The van der Waals surface area contributed by atoms with Crippen molar-refractivity contribution >= 4 is 0 Å². The van der Waals surface area contributed by atoms with Crippen LogP contribution in [-0.4, -0.2) is 11.1 Å². The molecule has 0 spiro atoms. The fourth-order valence-corrected chi connectivity index (χ4v) is 1.85. The average Bonchev–Trinajstić information content (AvgIpc) is 2.77. The van der Waals surface area contributed by atoms with Crippen molar-refractivity contribution in [1.29, 1.82) is 0 Å². The second-order valence-corrected chi connectivity index (χ2v) is 4.17. The normalized spacial score (nSPS) is 10.7. The number of hydrogen-bond acceptors (Lipinski definition) is 1. The third-order valence-corrected chi connectivity index (χ3v) is 2.82. The van der Waals surface area contributed by atoms with E-state index in [0.29, 0.717) is 6.54 Å². The van der Waals surface area contributed by atoms with E-state index in [1.165, 1.54) is 17.7 Å². The van der Waals surface area contributed by atoms with Gasteiger partial charge in [0.1, 0.15) is 5.82 Å². The zero-order chi connectivity index (χ0) is 12.1. The molecule has 0 aliphatic heterocycles. The molecule has 0 radical (unpaired) electrons. The van der Waals surface area contributed by atoms with Crippen LogP contribution in [0, 0.1) is 5.82 Å². The predicted octanol–water partition coefficient (Wildman–Crippen LogP) is 2.37. The van der Waals surface area contributed by atoms with Crippen molar-refractivity contribution in [2.75, 3.05) is 6.54 Å². The standard InChI is InChI=1S/C14H17FN2/c15-14-3-1-12(2-4-14)6-9-17-10-7-13(11-17)5-8-16/h1-4,7,10-11H,5-6,8-9,16H2. The molecule has 1 aromatic carbocycles. The zero-order valence-corrected chi connectivity index (χ0v) is 9.77. The second-order valence-electron chi connectivity index (χ2n) is 4.17. The maximum Gasteiger partial charge on any atom is 0.123 e. The molecule has 2 N–H and O–H groups in total. The summed E-state index contributed by atoms with van der Waals surface area (Å²) in [6.45, 7) is 1.60. The minimum absolute atomic E-state index is 0.181. The summed E-state index contributed by atoms with van der Waals surface area (Å²) in [7, 11) is 0. The Morgan fingerprint density at radius 2 is 1.76 bits per heavy atom. The number of nitrogens with two attached hydrogens (primary N) is 1. The molecule has 0 fully saturated rings. The summed E-state index contributed by atoms with van der Waals surface area (Å²) in [6, 6.07) is 8.77. The topological polar surface area (TPSA) is 30.9 Å². The number of nitrogens with zero attached hydrogens (tertiary/aromatic N) is 1. The number of aromatic nitrogens is 1. The molecule has 0 amide bonds. The van der Waals surface area contributed by atoms with Crippen LogP contribution >= 0.6 is 0 Å². The lowest BCUT2D eigenvalue weighted by Crippen LogP contribution is -2.02. The molecule has 3 heteroatoms. The van der Waals surface area contributed by atoms with Crippen LogP contribution in [0.3, 0.4) is 0 Å². The molecule has 0 aliphatic rings. The Kier molecular flexibility index (Phi) is 3.94. The van der Waals surface area contributed by atoms with Gasteiger partial charge < -0.3 is 10.3 Å². The van der Waals surface area contributed by atoms with E-state index in [0.717, 1.165) is 24.9 Å². The summed E-state index contributed by atoms with van der Waals surface area (Å²) >= 11 is 0. The van der Waals surface area contributed by atoms with Gasteiger partial charge in [-0.05, 0) is 48.7 Å². The Morgan fingerprint density at radius 1 is 1.00 bits per heavy atom. The predicted molar refractivity (Wildman–Crippen MR) is 67.3 cm³/mol. The monoisotopic (exact) mass is 232 g/mol. The van der Waals surface area contributed by atoms with Crippen LogP contribution in [0.2, 0.25) is 0 Å². The molecule has 2 rings (SSSR count). The van der Waals surface area contributed by atoms with E-state index in [2.05, 4.69) is 23.0 Å². The number of benzene rings is 1. The third-order valence-electron chi connectivity index (χ3n) is 2.82. The molecule has 0 saturated carbocycles. The maximum absolute atomic E-state index is 12.7. The molecule has 1 heterocycles. The smallest absolute Gasteiger partial charge is 0.123 e. The Hall–Kier alpha value is -1.61. The minimum Gasteiger partial charge on any atom is -0.354 e. The van der Waals surface area contributed by atoms with E-state index in [-0.39, 0.29) is 5.82 Å². The molecule has 90 valence electrons. The fraction of sp³-hybridized carbons (Fsp3) is 0.286. The van der Waals surface area contributed by atoms with Gasteiger partial charge in [0.15, 0.2) is 0 Å². The summed E-state index contributed by atoms with van der Waals surface area (Å²) in [5, 5.41) is 0. The highest BCUT2D eigenvalue weighted by molar-refractivity contribution is 5.16. The van der Waals surface area contributed by atoms with Gasteiger partial charge in [-0.15, -0.1) is 0 Å². The summed E-state index contributed by atoms with van der Waals surface area (Å²) in [6.07, 6.45) is 6.02. The number of aryl methyl sites for hydroxylation is 2. The number of hydrogen-bond donors (Lipinski definition) is 1. The lowest BCUT2D eigenvalue weighted by atomic mass is 10.1. The first kappa shape index (κ1) is 11.9. The van der Waals surface area contributed by atoms with Crippen molar-refractivity contribution in [3.63, 3.8) is 0 Å². The molecule has 17 heavy (non-hydrogen) atoms. The van der Waals surface area contributed by atoms with E-state index in [1.807, 2.05) is 12.1 Å². The van der Waals surface area contributed by atoms with E-state index in [1.54, 1.807) is 0 Å². The lowest BCUT2D eigenvalue weighted by Gasteiger charge is -2.03. The largest absolute Gasteiger partial charge is 0.354 e. The second kappa shape index (κ2) is 5.64. The zero-order valence-electron chi connectivity index (χ0n) is 9.77. The van der Waals surface area contributed by atoms with Crippen LogP contribution in [-0.2, 0) is 19.4 Å². The van der Waals surface area contributed by atoms with Crippen LogP contribution in [0.4, 0.5) is 4.39 Å². The van der Waals surface area contributed by atoms with Crippen molar-refractivity contribution in [2.24, 2.45) is 5.73 Å². The number of halogens is 1. The van der Waals surface area contributed by atoms with Gasteiger partial charge in [-0.3, -0.25) is 0 Å².